The van der Waals surface area contributed by atoms with E-state index >= 15 is 0 Å². The van der Waals surface area contributed by atoms with Crippen molar-refractivity contribution < 1.29 is 9.90 Å². The lowest BCUT2D eigenvalue weighted by Gasteiger charge is -1.83. The van der Waals surface area contributed by atoms with Crippen LogP contribution >= 0.6 is 27.3 Å². The molecule has 0 aliphatic heterocycles. The van der Waals surface area contributed by atoms with Crippen molar-refractivity contribution >= 4 is 33.0 Å². The summed E-state index contributed by atoms with van der Waals surface area (Å²) in [5, 5.41) is 8.30. The topological polar surface area (TPSA) is 37.3 Å². The number of thiophene rings is 1. The Labute approximate surface area is 76.3 Å². The molecule has 11 heavy (non-hydrogen) atoms. The molecule has 0 spiro atoms. The van der Waals surface area contributed by atoms with Crippen LogP contribution in [-0.4, -0.2) is 10.9 Å². The van der Waals surface area contributed by atoms with E-state index in [0.717, 1.165) is 16.1 Å². The Morgan fingerprint density at radius 3 is 2.82 bits per heavy atom. The number of carbonyl (C=O) groups is 1. The Morgan fingerprint density at radius 2 is 2.36 bits per heavy atom. The highest BCUT2D eigenvalue weighted by Gasteiger charge is 2.03. The fourth-order valence-electron chi connectivity index (χ4n) is 0.597. The summed E-state index contributed by atoms with van der Waals surface area (Å²) in [4.78, 5) is 11.6. The summed E-state index contributed by atoms with van der Waals surface area (Å²) in [5.41, 5.74) is 0. The zero-order valence-corrected chi connectivity index (χ0v) is 7.85. The van der Waals surface area contributed by atoms with E-state index in [9.17, 15) is 4.79 Å². The molecule has 0 saturated heterocycles. The van der Waals surface area contributed by atoms with Crippen LogP contribution in [0.15, 0.2) is 28.3 Å². The van der Waals surface area contributed by atoms with Gasteiger partial charge in [0, 0.05) is 6.08 Å². The maximum atomic E-state index is 11.0. The largest absolute Gasteiger partial charge is 0.515 e. The van der Waals surface area contributed by atoms with Crippen molar-refractivity contribution in [2.24, 2.45) is 0 Å². The first-order valence-corrected chi connectivity index (χ1v) is 4.45. The lowest BCUT2D eigenvalue weighted by molar-refractivity contribution is 0.104. The first kappa shape index (κ1) is 8.49. The van der Waals surface area contributed by atoms with Crippen LogP contribution in [0.4, 0.5) is 0 Å². The van der Waals surface area contributed by atoms with Crippen LogP contribution < -0.4 is 0 Å². The van der Waals surface area contributed by atoms with Gasteiger partial charge in [0.15, 0.2) is 5.78 Å². The van der Waals surface area contributed by atoms with E-state index < -0.39 is 0 Å². The molecule has 0 aliphatic carbocycles. The Hall–Kier alpha value is -0.610. The van der Waals surface area contributed by atoms with Gasteiger partial charge in [-0.15, -0.1) is 11.3 Å². The van der Waals surface area contributed by atoms with Crippen LogP contribution in [0.3, 0.4) is 0 Å². The number of rotatable bonds is 2. The zero-order chi connectivity index (χ0) is 8.27. The third-order valence-corrected chi connectivity index (χ3v) is 2.68. The number of allylic oxidation sites excluding steroid dienone is 1. The molecular weight excluding hydrogens is 228 g/mol. The van der Waals surface area contributed by atoms with Gasteiger partial charge in [-0.25, -0.2) is 0 Å². The SMILES string of the molecule is O=C(C=CO)c1ccc(Br)s1. The Bertz CT molecular complexity index is 290. The van der Waals surface area contributed by atoms with E-state index in [0.29, 0.717) is 4.88 Å². The molecule has 0 bridgehead atoms. The highest BCUT2D eigenvalue weighted by atomic mass is 79.9. The molecule has 1 rings (SSSR count). The Kier molecular flexibility index (Phi) is 2.84. The summed E-state index contributed by atoms with van der Waals surface area (Å²) in [5.74, 6) is -0.178. The lowest BCUT2D eigenvalue weighted by atomic mass is 10.3. The van der Waals surface area contributed by atoms with Crippen LogP contribution in [0.1, 0.15) is 9.67 Å². The molecule has 0 atom stereocenters. The average Bonchev–Trinajstić information content (AvgIpc) is 2.36. The van der Waals surface area contributed by atoms with E-state index in [1.807, 2.05) is 0 Å². The number of ketones is 1. The smallest absolute Gasteiger partial charge is 0.198 e. The molecule has 1 aromatic rings. The summed E-state index contributed by atoms with van der Waals surface area (Å²) >= 11 is 4.57. The second-order valence-electron chi connectivity index (χ2n) is 1.78. The van der Waals surface area contributed by atoms with Gasteiger partial charge in [-0.1, -0.05) is 0 Å². The Morgan fingerprint density at radius 1 is 1.64 bits per heavy atom. The minimum Gasteiger partial charge on any atom is -0.515 e. The molecular formula is C7H5BrO2S. The molecule has 1 N–H and O–H groups in total. The first-order chi connectivity index (χ1) is 5.24. The van der Waals surface area contributed by atoms with Gasteiger partial charge in [-0.2, -0.15) is 0 Å². The van der Waals surface area contributed by atoms with Gasteiger partial charge in [0.2, 0.25) is 0 Å². The van der Waals surface area contributed by atoms with E-state index in [1.165, 1.54) is 11.3 Å². The minimum atomic E-state index is -0.178. The highest BCUT2D eigenvalue weighted by molar-refractivity contribution is 9.11. The summed E-state index contributed by atoms with van der Waals surface area (Å²) < 4.78 is 0.909. The van der Waals surface area contributed by atoms with E-state index in [4.69, 9.17) is 5.11 Å². The number of hydrogen-bond donors (Lipinski definition) is 1. The monoisotopic (exact) mass is 232 g/mol. The molecule has 0 unspecified atom stereocenters. The molecule has 0 aromatic carbocycles. The van der Waals surface area contributed by atoms with Crippen LogP contribution in [0, 0.1) is 0 Å². The third kappa shape index (κ3) is 2.17. The van der Waals surface area contributed by atoms with Crippen molar-refractivity contribution in [2.75, 3.05) is 0 Å². The van der Waals surface area contributed by atoms with Crippen molar-refractivity contribution in [3.05, 3.63) is 33.1 Å². The molecule has 2 nitrogen and oxygen atoms in total. The molecule has 0 saturated carbocycles. The van der Waals surface area contributed by atoms with Gasteiger partial charge in [0.05, 0.1) is 14.9 Å². The summed E-state index contributed by atoms with van der Waals surface area (Å²) in [6.07, 6.45) is 1.87. The molecule has 0 fully saturated rings. The predicted octanol–water partition coefficient (Wildman–Crippen LogP) is 2.77. The standard InChI is InChI=1S/C7H5BrO2S/c8-7-2-1-6(11-7)5(10)3-4-9/h1-4,9H. The fourth-order valence-corrected chi connectivity index (χ4v) is 1.90. The van der Waals surface area contributed by atoms with E-state index in [-0.39, 0.29) is 5.78 Å². The van der Waals surface area contributed by atoms with E-state index in [2.05, 4.69) is 15.9 Å². The quantitative estimate of drug-likeness (QED) is 0.484. The minimum absolute atomic E-state index is 0.178. The van der Waals surface area contributed by atoms with Crippen molar-refractivity contribution in [2.45, 2.75) is 0 Å². The zero-order valence-electron chi connectivity index (χ0n) is 5.45. The van der Waals surface area contributed by atoms with Crippen LogP contribution in [-0.2, 0) is 0 Å². The van der Waals surface area contributed by atoms with Crippen LogP contribution in [0.25, 0.3) is 0 Å². The number of hydrogen-bond acceptors (Lipinski definition) is 3. The average molecular weight is 233 g/mol. The highest BCUT2D eigenvalue weighted by Crippen LogP contribution is 2.22. The molecule has 0 radical (unpaired) electrons. The number of halogens is 1. The van der Waals surface area contributed by atoms with Gasteiger partial charge >= 0.3 is 0 Å². The van der Waals surface area contributed by atoms with Crippen LogP contribution in [0.2, 0.25) is 0 Å². The second-order valence-corrected chi connectivity index (χ2v) is 4.25. The second kappa shape index (κ2) is 3.69. The summed E-state index contributed by atoms with van der Waals surface area (Å²) in [6, 6.07) is 3.50. The first-order valence-electron chi connectivity index (χ1n) is 2.84. The molecule has 0 aliphatic rings. The normalized spacial score (nSPS) is 10.6. The van der Waals surface area contributed by atoms with Crippen molar-refractivity contribution in [1.82, 2.24) is 0 Å². The van der Waals surface area contributed by atoms with Gasteiger partial charge in [-0.3, -0.25) is 4.79 Å². The van der Waals surface area contributed by atoms with Gasteiger partial charge < -0.3 is 5.11 Å². The fraction of sp³-hybridized carbons (Fsp3) is 0. The van der Waals surface area contributed by atoms with Crippen LogP contribution in [0.5, 0.6) is 0 Å². The molecule has 1 heterocycles. The molecule has 0 amide bonds. The van der Waals surface area contributed by atoms with Crippen molar-refractivity contribution in [3.63, 3.8) is 0 Å². The maximum Gasteiger partial charge on any atom is 0.198 e. The number of carbonyl (C=O) groups excluding carboxylic acids is 1. The summed E-state index contributed by atoms with van der Waals surface area (Å²) in [6.45, 7) is 0. The lowest BCUT2D eigenvalue weighted by Crippen LogP contribution is -1.87. The van der Waals surface area contributed by atoms with Crippen molar-refractivity contribution in [3.8, 4) is 0 Å². The third-order valence-electron chi connectivity index (χ3n) is 1.04. The summed E-state index contributed by atoms with van der Waals surface area (Å²) in [7, 11) is 0. The van der Waals surface area contributed by atoms with Gasteiger partial charge in [-0.05, 0) is 28.1 Å². The van der Waals surface area contributed by atoms with E-state index in [1.54, 1.807) is 12.1 Å². The predicted molar refractivity (Wildman–Crippen MR) is 48.1 cm³/mol. The Balaban J connectivity index is 2.85. The molecule has 4 heteroatoms. The number of aliphatic hydroxyl groups is 1. The van der Waals surface area contributed by atoms with Crippen molar-refractivity contribution in [1.29, 1.82) is 0 Å². The maximum absolute atomic E-state index is 11.0. The number of aliphatic hydroxyl groups excluding tert-OH is 1. The van der Waals surface area contributed by atoms with Gasteiger partial charge in [0.25, 0.3) is 0 Å². The van der Waals surface area contributed by atoms with Gasteiger partial charge in [0.1, 0.15) is 0 Å². The molecule has 1 aromatic heterocycles. The molecule has 58 valence electrons.